The van der Waals surface area contributed by atoms with E-state index in [0.717, 1.165) is 16.8 Å². The molecule has 0 spiro atoms. The number of hydrogen-bond acceptors (Lipinski definition) is 5. The lowest BCUT2D eigenvalue weighted by atomic mass is 10.1. The monoisotopic (exact) mass is 459 g/mol. The highest BCUT2D eigenvalue weighted by molar-refractivity contribution is 6.31. The van der Waals surface area contributed by atoms with Crippen LogP contribution in [0.15, 0.2) is 77.7 Å². The highest BCUT2D eigenvalue weighted by atomic mass is 35.5. The first-order valence-electron chi connectivity index (χ1n) is 10.8. The van der Waals surface area contributed by atoms with Gasteiger partial charge in [-0.05, 0) is 30.3 Å². The summed E-state index contributed by atoms with van der Waals surface area (Å²) in [6.45, 7) is 2.47. The van der Waals surface area contributed by atoms with Gasteiger partial charge < -0.3 is 9.80 Å². The number of pyridine rings is 1. The molecule has 0 aliphatic carbocycles. The molecule has 33 heavy (non-hydrogen) atoms. The van der Waals surface area contributed by atoms with Crippen molar-refractivity contribution in [2.75, 3.05) is 31.1 Å². The van der Waals surface area contributed by atoms with Crippen molar-refractivity contribution in [3.8, 4) is 11.3 Å². The molecule has 0 N–H and O–H groups in total. The molecular formula is C25H22ClN5O2. The van der Waals surface area contributed by atoms with E-state index in [9.17, 15) is 9.59 Å². The normalized spacial score (nSPS) is 14.0. The Morgan fingerprint density at radius 1 is 0.939 bits per heavy atom. The van der Waals surface area contributed by atoms with E-state index in [1.165, 1.54) is 4.57 Å². The van der Waals surface area contributed by atoms with Gasteiger partial charge in [0.15, 0.2) is 0 Å². The van der Waals surface area contributed by atoms with Crippen molar-refractivity contribution >= 4 is 34.2 Å². The Morgan fingerprint density at radius 2 is 1.70 bits per heavy atom. The quantitative estimate of drug-likeness (QED) is 0.467. The Morgan fingerprint density at radius 3 is 2.42 bits per heavy atom. The maximum absolute atomic E-state index is 13.1. The maximum atomic E-state index is 13.1. The molecule has 0 saturated carbocycles. The summed E-state index contributed by atoms with van der Waals surface area (Å²) in [5.41, 5.74) is 1.57. The SMILES string of the molecule is O=C(Cn1c(=O)nc(-c2ccccc2)c2cc(Cl)ccc21)N1CCN(c2ccccn2)CC1. The van der Waals surface area contributed by atoms with Crippen LogP contribution in [0.25, 0.3) is 22.2 Å². The van der Waals surface area contributed by atoms with Crippen LogP contribution in [-0.2, 0) is 11.3 Å². The summed E-state index contributed by atoms with van der Waals surface area (Å²) in [5.74, 6) is 0.799. The van der Waals surface area contributed by atoms with Gasteiger partial charge in [0.25, 0.3) is 0 Å². The molecule has 1 aliphatic heterocycles. The molecular weight excluding hydrogens is 438 g/mol. The van der Waals surface area contributed by atoms with Crippen molar-refractivity contribution in [1.29, 1.82) is 0 Å². The van der Waals surface area contributed by atoms with Crippen molar-refractivity contribution in [3.05, 3.63) is 88.4 Å². The zero-order valence-corrected chi connectivity index (χ0v) is 18.7. The Balaban J connectivity index is 1.41. The van der Waals surface area contributed by atoms with Crippen molar-refractivity contribution in [3.63, 3.8) is 0 Å². The van der Waals surface area contributed by atoms with E-state index < -0.39 is 5.69 Å². The molecule has 1 aliphatic rings. The number of rotatable bonds is 4. The number of nitrogens with zero attached hydrogens (tertiary/aromatic N) is 5. The van der Waals surface area contributed by atoms with Crippen LogP contribution in [0.3, 0.4) is 0 Å². The van der Waals surface area contributed by atoms with E-state index in [2.05, 4.69) is 14.9 Å². The zero-order valence-electron chi connectivity index (χ0n) is 17.9. The number of halogens is 1. The zero-order chi connectivity index (χ0) is 22.8. The van der Waals surface area contributed by atoms with Gasteiger partial charge in [-0.1, -0.05) is 48.0 Å². The van der Waals surface area contributed by atoms with Crippen LogP contribution < -0.4 is 10.6 Å². The van der Waals surface area contributed by atoms with E-state index in [-0.39, 0.29) is 12.5 Å². The van der Waals surface area contributed by atoms with E-state index in [1.807, 2.05) is 48.5 Å². The highest BCUT2D eigenvalue weighted by Gasteiger charge is 2.23. The molecule has 4 aromatic rings. The molecule has 166 valence electrons. The molecule has 3 heterocycles. The second-order valence-corrected chi connectivity index (χ2v) is 8.35. The van der Waals surface area contributed by atoms with Gasteiger partial charge in [-0.15, -0.1) is 0 Å². The predicted octanol–water partition coefficient (Wildman–Crippen LogP) is 3.46. The summed E-state index contributed by atoms with van der Waals surface area (Å²) in [5, 5.41) is 1.28. The number of anilines is 1. The van der Waals surface area contributed by atoms with Gasteiger partial charge in [0.05, 0.1) is 11.2 Å². The number of benzene rings is 2. The van der Waals surface area contributed by atoms with Crippen molar-refractivity contribution in [2.24, 2.45) is 0 Å². The molecule has 8 heteroatoms. The van der Waals surface area contributed by atoms with Crippen LogP contribution in [0.4, 0.5) is 5.82 Å². The van der Waals surface area contributed by atoms with E-state index in [4.69, 9.17) is 11.6 Å². The van der Waals surface area contributed by atoms with Crippen LogP contribution in [0.2, 0.25) is 5.02 Å². The summed E-state index contributed by atoms with van der Waals surface area (Å²) in [4.78, 5) is 38.8. The first kappa shape index (κ1) is 21.2. The molecule has 7 nitrogen and oxygen atoms in total. The number of carbonyl (C=O) groups excluding carboxylic acids is 1. The van der Waals surface area contributed by atoms with Gasteiger partial charge in [0.2, 0.25) is 5.91 Å². The number of hydrogen-bond donors (Lipinski definition) is 0. The molecule has 0 unspecified atom stereocenters. The molecule has 0 radical (unpaired) electrons. The lowest BCUT2D eigenvalue weighted by Gasteiger charge is -2.35. The standard InChI is InChI=1S/C25H22ClN5O2/c26-19-9-10-21-20(16-19)24(18-6-2-1-3-7-18)28-25(33)31(21)17-23(32)30-14-12-29(13-15-30)22-8-4-5-11-27-22/h1-11,16H,12-15,17H2. The Labute approximate surface area is 195 Å². The van der Waals surface area contributed by atoms with Crippen LogP contribution in [-0.4, -0.2) is 51.5 Å². The molecule has 5 rings (SSSR count). The fraction of sp³-hybridized carbons (Fsp3) is 0.200. The summed E-state index contributed by atoms with van der Waals surface area (Å²) >= 11 is 6.26. The highest BCUT2D eigenvalue weighted by Crippen LogP contribution is 2.27. The minimum atomic E-state index is -0.454. The fourth-order valence-corrected chi connectivity index (χ4v) is 4.35. The molecule has 0 bridgehead atoms. The van der Waals surface area contributed by atoms with Crippen LogP contribution in [0, 0.1) is 0 Å². The first-order valence-corrected chi connectivity index (χ1v) is 11.2. The number of amides is 1. The third-order valence-electron chi connectivity index (χ3n) is 5.89. The van der Waals surface area contributed by atoms with E-state index in [0.29, 0.717) is 42.4 Å². The van der Waals surface area contributed by atoms with Crippen LogP contribution in [0.5, 0.6) is 0 Å². The summed E-state index contributed by atoms with van der Waals surface area (Å²) in [6.07, 6.45) is 1.77. The van der Waals surface area contributed by atoms with Gasteiger partial charge in [0, 0.05) is 48.3 Å². The van der Waals surface area contributed by atoms with Crippen molar-refractivity contribution < 1.29 is 4.79 Å². The van der Waals surface area contributed by atoms with Gasteiger partial charge in [-0.25, -0.2) is 9.78 Å². The van der Waals surface area contributed by atoms with Gasteiger partial charge in [0.1, 0.15) is 12.4 Å². The minimum absolute atomic E-state index is 0.0668. The predicted molar refractivity (Wildman–Crippen MR) is 129 cm³/mol. The Hall–Kier alpha value is -3.71. The molecule has 2 aromatic carbocycles. The van der Waals surface area contributed by atoms with Crippen LogP contribution in [0.1, 0.15) is 0 Å². The Bertz CT molecular complexity index is 1350. The van der Waals surface area contributed by atoms with Crippen molar-refractivity contribution in [1.82, 2.24) is 19.4 Å². The van der Waals surface area contributed by atoms with E-state index >= 15 is 0 Å². The lowest BCUT2D eigenvalue weighted by molar-refractivity contribution is -0.132. The molecule has 1 fully saturated rings. The van der Waals surface area contributed by atoms with Gasteiger partial charge >= 0.3 is 5.69 Å². The second kappa shape index (κ2) is 9.03. The average Bonchev–Trinajstić information content (AvgIpc) is 2.86. The van der Waals surface area contributed by atoms with Crippen LogP contribution >= 0.6 is 11.6 Å². The fourth-order valence-electron chi connectivity index (χ4n) is 4.18. The maximum Gasteiger partial charge on any atom is 0.349 e. The van der Waals surface area contributed by atoms with Gasteiger partial charge in [-0.3, -0.25) is 9.36 Å². The number of piperazine rings is 1. The largest absolute Gasteiger partial charge is 0.353 e. The molecule has 2 aromatic heterocycles. The third kappa shape index (κ3) is 4.32. The smallest absolute Gasteiger partial charge is 0.349 e. The van der Waals surface area contributed by atoms with E-state index in [1.54, 1.807) is 29.3 Å². The Kier molecular flexibility index (Phi) is 5.79. The molecule has 1 saturated heterocycles. The first-order chi connectivity index (χ1) is 16.1. The van der Waals surface area contributed by atoms with Gasteiger partial charge in [-0.2, -0.15) is 4.98 Å². The summed E-state index contributed by atoms with van der Waals surface area (Å²) in [7, 11) is 0. The number of aromatic nitrogens is 3. The molecule has 0 atom stereocenters. The topological polar surface area (TPSA) is 71.3 Å². The summed E-state index contributed by atoms with van der Waals surface area (Å²) in [6, 6.07) is 20.6. The van der Waals surface area contributed by atoms with Crippen molar-refractivity contribution in [2.45, 2.75) is 6.54 Å². The minimum Gasteiger partial charge on any atom is -0.353 e. The second-order valence-electron chi connectivity index (χ2n) is 7.91. The lowest BCUT2D eigenvalue weighted by Crippen LogP contribution is -2.50. The number of fused-ring (bicyclic) bond motifs is 1. The summed E-state index contributed by atoms with van der Waals surface area (Å²) < 4.78 is 1.44. The average molecular weight is 460 g/mol. The third-order valence-corrected chi connectivity index (χ3v) is 6.12. The number of carbonyl (C=O) groups is 1. The molecule has 1 amide bonds.